The minimum atomic E-state index is 0.0290. The summed E-state index contributed by atoms with van der Waals surface area (Å²) in [5.41, 5.74) is 3.74. The fourth-order valence-electron chi connectivity index (χ4n) is 2.30. The van der Waals surface area contributed by atoms with Gasteiger partial charge in [0.15, 0.2) is 5.78 Å². The number of thioether (sulfide) groups is 1. The Balaban J connectivity index is 2.39. The molecule has 0 unspecified atom stereocenters. The van der Waals surface area contributed by atoms with E-state index in [2.05, 4.69) is 27.0 Å². The van der Waals surface area contributed by atoms with E-state index in [1.54, 1.807) is 12.1 Å². The second-order valence-electron chi connectivity index (χ2n) is 4.90. The number of aryl methyl sites for hydroxylation is 1. The first-order valence-electron chi connectivity index (χ1n) is 6.70. The first-order chi connectivity index (χ1) is 10.5. The van der Waals surface area contributed by atoms with Crippen LogP contribution >= 0.6 is 27.7 Å². The lowest BCUT2D eigenvalue weighted by molar-refractivity contribution is 0.0992. The summed E-state index contributed by atoms with van der Waals surface area (Å²) >= 11 is 4.81. The van der Waals surface area contributed by atoms with Gasteiger partial charge in [-0.15, -0.1) is 11.8 Å². The van der Waals surface area contributed by atoms with E-state index in [1.165, 1.54) is 11.8 Å². The van der Waals surface area contributed by atoms with Crippen molar-refractivity contribution in [1.29, 1.82) is 5.26 Å². The molecule has 1 heterocycles. The molecule has 1 aromatic heterocycles. The summed E-state index contributed by atoms with van der Waals surface area (Å²) < 4.78 is 0.939. The van der Waals surface area contributed by atoms with Crippen LogP contribution in [0.25, 0.3) is 0 Å². The second-order valence-corrected chi connectivity index (χ2v) is 6.61. The Morgan fingerprint density at radius 2 is 1.95 bits per heavy atom. The number of hydrogen-bond donors (Lipinski definition) is 0. The first-order valence-corrected chi connectivity index (χ1v) is 8.72. The Kier molecular flexibility index (Phi) is 5.38. The number of rotatable bonds is 4. The zero-order valence-corrected chi connectivity index (χ0v) is 15.0. The lowest BCUT2D eigenvalue weighted by atomic mass is 9.96. The Hall–Kier alpha value is -1.64. The molecule has 0 aliphatic heterocycles. The third kappa shape index (κ3) is 3.40. The molecule has 0 aliphatic carbocycles. The normalized spacial score (nSPS) is 10.3. The number of ketones is 1. The van der Waals surface area contributed by atoms with Crippen LogP contribution in [0.15, 0.2) is 33.8 Å². The van der Waals surface area contributed by atoms with Crippen molar-refractivity contribution in [1.82, 2.24) is 4.98 Å². The molecule has 112 valence electrons. The fourth-order valence-corrected chi connectivity index (χ4v) is 3.19. The SMILES string of the molecule is CSc1nc(C)c(CC(=O)c2ccc(Br)cc2)c(C)c1C#N. The van der Waals surface area contributed by atoms with Crippen molar-refractivity contribution in [2.45, 2.75) is 25.3 Å². The monoisotopic (exact) mass is 374 g/mol. The van der Waals surface area contributed by atoms with Crippen LogP contribution in [0.5, 0.6) is 0 Å². The molecule has 2 aromatic rings. The summed E-state index contributed by atoms with van der Waals surface area (Å²) in [6, 6.07) is 9.50. The van der Waals surface area contributed by atoms with Crippen LogP contribution in [0.4, 0.5) is 0 Å². The van der Waals surface area contributed by atoms with E-state index in [0.717, 1.165) is 26.3 Å². The summed E-state index contributed by atoms with van der Waals surface area (Å²) in [7, 11) is 0. The summed E-state index contributed by atoms with van der Waals surface area (Å²) in [6.45, 7) is 3.77. The van der Waals surface area contributed by atoms with Gasteiger partial charge in [0, 0.05) is 22.2 Å². The molecular weight excluding hydrogens is 360 g/mol. The van der Waals surface area contributed by atoms with Gasteiger partial charge in [-0.2, -0.15) is 5.26 Å². The molecule has 0 aliphatic rings. The number of nitrogens with zero attached hydrogens (tertiary/aromatic N) is 2. The molecule has 0 fully saturated rings. The highest BCUT2D eigenvalue weighted by Gasteiger charge is 2.17. The van der Waals surface area contributed by atoms with E-state index in [9.17, 15) is 10.1 Å². The Labute approximate surface area is 142 Å². The standard InChI is InChI=1S/C17H15BrN2OS/c1-10-14(11(2)20-17(22-3)15(10)9-19)8-16(21)12-4-6-13(18)7-5-12/h4-7H,8H2,1-3H3. The van der Waals surface area contributed by atoms with E-state index in [-0.39, 0.29) is 12.2 Å². The molecular formula is C17H15BrN2OS. The highest BCUT2D eigenvalue weighted by molar-refractivity contribution is 9.10. The second kappa shape index (κ2) is 7.08. The number of pyridine rings is 1. The molecule has 0 saturated heterocycles. The molecule has 0 radical (unpaired) electrons. The van der Waals surface area contributed by atoms with Crippen LogP contribution < -0.4 is 0 Å². The number of hydrogen-bond acceptors (Lipinski definition) is 4. The quantitative estimate of drug-likeness (QED) is 0.584. The van der Waals surface area contributed by atoms with Crippen LogP contribution in [0, 0.1) is 25.2 Å². The van der Waals surface area contributed by atoms with Gasteiger partial charge in [0.1, 0.15) is 11.1 Å². The average molecular weight is 375 g/mol. The zero-order valence-electron chi connectivity index (χ0n) is 12.6. The highest BCUT2D eigenvalue weighted by atomic mass is 79.9. The summed E-state index contributed by atoms with van der Waals surface area (Å²) in [6.07, 6.45) is 2.16. The number of nitriles is 1. The summed E-state index contributed by atoms with van der Waals surface area (Å²) in [5, 5.41) is 10.1. The molecule has 2 rings (SSSR count). The largest absolute Gasteiger partial charge is 0.294 e. The molecule has 3 nitrogen and oxygen atoms in total. The summed E-state index contributed by atoms with van der Waals surface area (Å²) in [5.74, 6) is 0.0290. The van der Waals surface area contributed by atoms with Gasteiger partial charge >= 0.3 is 0 Å². The molecule has 1 aromatic carbocycles. The van der Waals surface area contributed by atoms with Gasteiger partial charge in [-0.25, -0.2) is 4.98 Å². The Morgan fingerprint density at radius 1 is 1.32 bits per heavy atom. The average Bonchev–Trinajstić information content (AvgIpc) is 2.51. The predicted octanol–water partition coefficient (Wildman–Crippen LogP) is 4.48. The van der Waals surface area contributed by atoms with E-state index in [4.69, 9.17) is 0 Å². The van der Waals surface area contributed by atoms with Gasteiger partial charge in [0.25, 0.3) is 0 Å². The first kappa shape index (κ1) is 16.7. The maximum absolute atomic E-state index is 12.5. The molecule has 0 amide bonds. The van der Waals surface area contributed by atoms with Crippen LogP contribution in [0.2, 0.25) is 0 Å². The highest BCUT2D eigenvalue weighted by Crippen LogP contribution is 2.26. The van der Waals surface area contributed by atoms with Crippen molar-refractivity contribution < 1.29 is 4.79 Å². The minimum Gasteiger partial charge on any atom is -0.294 e. The third-order valence-corrected chi connectivity index (χ3v) is 4.77. The molecule has 0 atom stereocenters. The molecule has 0 spiro atoms. The maximum atomic E-state index is 12.5. The zero-order chi connectivity index (χ0) is 16.3. The number of carbonyl (C=O) groups excluding carboxylic acids is 1. The van der Waals surface area contributed by atoms with Crippen LogP contribution in [-0.4, -0.2) is 17.0 Å². The lowest BCUT2D eigenvalue weighted by Crippen LogP contribution is -2.09. The molecule has 0 saturated carbocycles. The smallest absolute Gasteiger partial charge is 0.167 e. The van der Waals surface area contributed by atoms with Crippen molar-refractivity contribution in [3.8, 4) is 6.07 Å². The van der Waals surface area contributed by atoms with Gasteiger partial charge in [0.05, 0.1) is 5.56 Å². The number of benzene rings is 1. The molecule has 22 heavy (non-hydrogen) atoms. The topological polar surface area (TPSA) is 53.8 Å². The van der Waals surface area contributed by atoms with Crippen LogP contribution in [0.1, 0.15) is 32.7 Å². The molecule has 0 bridgehead atoms. The van der Waals surface area contributed by atoms with Crippen molar-refractivity contribution in [2.24, 2.45) is 0 Å². The maximum Gasteiger partial charge on any atom is 0.167 e. The van der Waals surface area contributed by atoms with E-state index in [1.807, 2.05) is 32.2 Å². The minimum absolute atomic E-state index is 0.0290. The number of halogens is 1. The van der Waals surface area contributed by atoms with Gasteiger partial charge in [-0.3, -0.25) is 4.79 Å². The van der Waals surface area contributed by atoms with E-state index >= 15 is 0 Å². The Morgan fingerprint density at radius 3 is 2.50 bits per heavy atom. The third-order valence-electron chi connectivity index (χ3n) is 3.56. The van der Waals surface area contributed by atoms with Crippen molar-refractivity contribution in [3.05, 3.63) is 56.7 Å². The van der Waals surface area contributed by atoms with Gasteiger partial charge in [-0.1, -0.05) is 28.1 Å². The van der Waals surface area contributed by atoms with Crippen molar-refractivity contribution in [2.75, 3.05) is 6.26 Å². The predicted molar refractivity (Wildman–Crippen MR) is 92.4 cm³/mol. The van der Waals surface area contributed by atoms with Crippen molar-refractivity contribution in [3.63, 3.8) is 0 Å². The van der Waals surface area contributed by atoms with E-state index < -0.39 is 0 Å². The number of carbonyl (C=O) groups is 1. The van der Waals surface area contributed by atoms with Crippen LogP contribution in [0.3, 0.4) is 0 Å². The number of Topliss-reactive ketones (excluding diaryl/α,β-unsaturated/α-hetero) is 1. The Bertz CT molecular complexity index is 764. The van der Waals surface area contributed by atoms with Crippen LogP contribution in [-0.2, 0) is 6.42 Å². The molecule has 5 heteroatoms. The summed E-state index contributed by atoms with van der Waals surface area (Å²) in [4.78, 5) is 16.9. The fraction of sp³-hybridized carbons (Fsp3) is 0.235. The van der Waals surface area contributed by atoms with Gasteiger partial charge < -0.3 is 0 Å². The van der Waals surface area contributed by atoms with E-state index in [0.29, 0.717) is 11.1 Å². The lowest BCUT2D eigenvalue weighted by Gasteiger charge is -2.13. The molecule has 0 N–H and O–H groups in total. The van der Waals surface area contributed by atoms with Crippen molar-refractivity contribution >= 4 is 33.5 Å². The van der Waals surface area contributed by atoms with Gasteiger partial charge in [0.2, 0.25) is 0 Å². The number of aromatic nitrogens is 1. The van der Waals surface area contributed by atoms with Gasteiger partial charge in [-0.05, 0) is 43.4 Å².